The molecule has 68 heavy (non-hydrogen) atoms. The van der Waals surface area contributed by atoms with Crippen LogP contribution in [0.4, 0.5) is 9.59 Å². The Hall–Kier alpha value is -6.26. The van der Waals surface area contributed by atoms with E-state index < -0.39 is 24.3 Å². The number of nitrogens with one attached hydrogen (secondary N) is 4. The van der Waals surface area contributed by atoms with Crippen LogP contribution in [0.25, 0.3) is 44.4 Å². The summed E-state index contributed by atoms with van der Waals surface area (Å²) < 4.78 is 21.0. The van der Waals surface area contributed by atoms with Crippen molar-refractivity contribution in [3.05, 3.63) is 84.7 Å². The first kappa shape index (κ1) is 44.3. The molecular weight excluding hydrogens is 865 g/mol. The predicted molar refractivity (Wildman–Crippen MR) is 252 cm³/mol. The Bertz CT molecular complexity index is 2740. The lowest BCUT2D eigenvalue weighted by molar-refractivity contribution is -0.138. The van der Waals surface area contributed by atoms with Gasteiger partial charge >= 0.3 is 12.2 Å². The van der Waals surface area contributed by atoms with Gasteiger partial charge < -0.3 is 49.3 Å². The Labute approximate surface area is 395 Å². The maximum absolute atomic E-state index is 14.4. The van der Waals surface area contributed by atoms with Gasteiger partial charge in [-0.05, 0) is 114 Å². The van der Waals surface area contributed by atoms with E-state index in [4.69, 9.17) is 28.9 Å². The molecular formula is C52H60N8O8. The number of aromatic amines is 2. The molecule has 4 aliphatic heterocycles. The molecule has 0 spiro atoms. The monoisotopic (exact) mass is 924 g/mol. The summed E-state index contributed by atoms with van der Waals surface area (Å²) in [5.74, 6) is 1.27. The van der Waals surface area contributed by atoms with E-state index in [1.54, 1.807) is 0 Å². The molecule has 4 saturated heterocycles. The van der Waals surface area contributed by atoms with Gasteiger partial charge in [-0.15, -0.1) is 0 Å². The predicted octanol–water partition coefficient (Wildman–Crippen LogP) is 7.69. The van der Waals surface area contributed by atoms with Crippen molar-refractivity contribution >= 4 is 34.8 Å². The molecule has 11 rings (SSSR count). The van der Waals surface area contributed by atoms with E-state index in [0.29, 0.717) is 52.1 Å². The number of alkyl carbamates (subject to hydrolysis) is 2. The second kappa shape index (κ2) is 17.4. The van der Waals surface area contributed by atoms with Gasteiger partial charge in [-0.3, -0.25) is 9.59 Å². The van der Waals surface area contributed by atoms with Gasteiger partial charge in [0.1, 0.15) is 23.7 Å². The standard InChI is InChI=1S/C52H60N8O8/c1-51-23-39(59(41(51)25-51)47(61)43(57-49(63)65-3)31-13-17-67-18-14-31)45-53-27-37(55-45)30-7-5-29(6-8-30)33-9-10-35-22-36(12-11-34(35)21-33)38-28-54-46(56-38)40-24-52(2)26-42(52)60(40)48(62)44(58-50(64)66-4)32-15-19-68-20-16-32/h5-12,21-22,27-28,31-32,39-44H,13-20,23-26H2,1-4H3,(H,53,55)(H,54,56)(H,57,63)(H,58,64)/t39-,40-,41-,42-,43?,44-,51+,52+/m0/s1. The number of ether oxygens (including phenoxy) is 4. The second-order valence-corrected chi connectivity index (χ2v) is 20.5. The molecule has 356 valence electrons. The maximum Gasteiger partial charge on any atom is 0.407 e. The van der Waals surface area contributed by atoms with Crippen LogP contribution in [0.15, 0.2) is 73.1 Å². The van der Waals surface area contributed by atoms with E-state index in [1.165, 1.54) is 14.2 Å². The van der Waals surface area contributed by atoms with E-state index in [1.807, 2.05) is 22.2 Å². The van der Waals surface area contributed by atoms with Gasteiger partial charge in [-0.1, -0.05) is 62.4 Å². The highest BCUT2D eigenvalue weighted by molar-refractivity contribution is 5.91. The number of amides is 4. The van der Waals surface area contributed by atoms with Crippen molar-refractivity contribution in [2.45, 2.75) is 101 Å². The summed E-state index contributed by atoms with van der Waals surface area (Å²) in [6, 6.07) is 19.7. The molecule has 5 aromatic rings. The summed E-state index contributed by atoms with van der Waals surface area (Å²) in [7, 11) is 2.65. The molecule has 4 amide bonds. The number of methoxy groups -OCH3 is 2. The zero-order valence-electron chi connectivity index (χ0n) is 39.1. The molecule has 2 aliphatic carbocycles. The van der Waals surface area contributed by atoms with Gasteiger partial charge in [0.25, 0.3) is 0 Å². The number of hydrogen-bond donors (Lipinski definition) is 4. The number of rotatable bonds is 11. The van der Waals surface area contributed by atoms with Crippen molar-refractivity contribution in [1.29, 1.82) is 0 Å². The molecule has 16 heteroatoms. The summed E-state index contributed by atoms with van der Waals surface area (Å²) >= 11 is 0. The molecule has 1 unspecified atom stereocenters. The molecule has 16 nitrogen and oxygen atoms in total. The number of hydrogen-bond acceptors (Lipinski definition) is 10. The third kappa shape index (κ3) is 8.08. The maximum atomic E-state index is 14.4. The fourth-order valence-corrected chi connectivity index (χ4v) is 12.0. The van der Waals surface area contributed by atoms with Crippen molar-refractivity contribution in [3.63, 3.8) is 0 Å². The van der Waals surface area contributed by atoms with Crippen LogP contribution in [0.5, 0.6) is 0 Å². The molecule has 2 saturated carbocycles. The summed E-state index contributed by atoms with van der Waals surface area (Å²) in [5, 5.41) is 7.94. The van der Waals surface area contributed by atoms with Gasteiger partial charge in [0.05, 0.1) is 50.1 Å². The molecule has 0 bridgehead atoms. The minimum atomic E-state index is -0.692. The Morgan fingerprint density at radius 1 is 0.603 bits per heavy atom. The largest absolute Gasteiger partial charge is 0.453 e. The lowest BCUT2D eigenvalue weighted by Crippen LogP contribution is -2.54. The van der Waals surface area contributed by atoms with Gasteiger partial charge in [-0.25, -0.2) is 19.6 Å². The first-order valence-electron chi connectivity index (χ1n) is 24.2. The lowest BCUT2D eigenvalue weighted by Gasteiger charge is -2.35. The fraction of sp³-hybridized carbons (Fsp3) is 0.500. The van der Waals surface area contributed by atoms with Crippen LogP contribution in [0.3, 0.4) is 0 Å². The number of carbonyl (C=O) groups excluding carboxylic acids is 4. The third-order valence-corrected chi connectivity index (χ3v) is 16.2. The average Bonchev–Trinajstić information content (AvgIpc) is 3.79. The number of piperidine rings is 2. The van der Waals surface area contributed by atoms with E-state index in [9.17, 15) is 19.2 Å². The number of benzene rings is 3. The Morgan fingerprint density at radius 3 is 1.49 bits per heavy atom. The van der Waals surface area contributed by atoms with Crippen molar-refractivity contribution in [1.82, 2.24) is 40.4 Å². The summed E-state index contributed by atoms with van der Waals surface area (Å²) in [6.45, 7) is 6.71. The average molecular weight is 925 g/mol. The molecule has 6 heterocycles. The van der Waals surface area contributed by atoms with Crippen molar-refractivity contribution in [2.24, 2.45) is 22.7 Å². The van der Waals surface area contributed by atoms with E-state index in [0.717, 1.165) is 81.7 Å². The van der Waals surface area contributed by atoms with Crippen LogP contribution in [-0.4, -0.2) is 119 Å². The van der Waals surface area contributed by atoms with E-state index >= 15 is 0 Å². The molecule has 4 N–H and O–H groups in total. The van der Waals surface area contributed by atoms with Crippen LogP contribution in [0.1, 0.15) is 88.9 Å². The third-order valence-electron chi connectivity index (χ3n) is 16.2. The quantitative estimate of drug-likeness (QED) is 0.102. The number of fused-ring (bicyclic) bond motifs is 3. The highest BCUT2D eigenvalue weighted by Gasteiger charge is 2.65. The molecule has 6 fully saturated rings. The van der Waals surface area contributed by atoms with Gasteiger partial charge in [0.15, 0.2) is 0 Å². The summed E-state index contributed by atoms with van der Waals surface area (Å²) in [6.07, 6.45) is 8.75. The number of H-pyrrole nitrogens is 2. The first-order valence-corrected chi connectivity index (χ1v) is 24.2. The number of aromatic nitrogens is 4. The first-order chi connectivity index (χ1) is 32.9. The second-order valence-electron chi connectivity index (χ2n) is 20.5. The van der Waals surface area contributed by atoms with E-state index in [-0.39, 0.29) is 58.6 Å². The number of carbonyl (C=O) groups is 4. The Balaban J connectivity index is 0.779. The van der Waals surface area contributed by atoms with Crippen LogP contribution in [0.2, 0.25) is 0 Å². The smallest absolute Gasteiger partial charge is 0.407 e. The molecule has 3 aromatic carbocycles. The zero-order valence-corrected chi connectivity index (χ0v) is 39.1. The minimum Gasteiger partial charge on any atom is -0.453 e. The number of nitrogens with zero attached hydrogens (tertiary/aromatic N) is 4. The van der Waals surface area contributed by atoms with Crippen molar-refractivity contribution in [2.75, 3.05) is 40.6 Å². The molecule has 8 atom stereocenters. The van der Waals surface area contributed by atoms with Gasteiger partial charge in [-0.2, -0.15) is 0 Å². The SMILES string of the molecule is COC(=O)NC(C(=O)N1[C@H]2C[C@@]2(C)C[C@H]1c1ncc(-c2ccc(-c3ccc4cc(-c5cnc([C@@H]6C[C@]7(C)C[C@@H]7N6C(=O)[C@@H](NC(=O)OC)C6CCOCC6)[nH]5)ccc4c3)cc2)[nH]1)C1CCOCC1. The van der Waals surface area contributed by atoms with Crippen LogP contribution < -0.4 is 10.6 Å². The van der Waals surface area contributed by atoms with Crippen LogP contribution in [0, 0.1) is 22.7 Å². The van der Waals surface area contributed by atoms with Crippen molar-refractivity contribution < 1.29 is 38.1 Å². The highest BCUT2D eigenvalue weighted by atomic mass is 16.5. The highest BCUT2D eigenvalue weighted by Crippen LogP contribution is 2.64. The van der Waals surface area contributed by atoms with Gasteiger partial charge in [0, 0.05) is 44.1 Å². The lowest BCUT2D eigenvalue weighted by atomic mass is 9.90. The normalized spacial score (nSPS) is 27.5. The number of imidazole rings is 2. The Morgan fingerprint density at radius 2 is 1.01 bits per heavy atom. The number of likely N-dealkylation sites (tertiary alicyclic amines) is 2. The zero-order chi connectivity index (χ0) is 46.9. The molecule has 2 aromatic heterocycles. The van der Waals surface area contributed by atoms with E-state index in [2.05, 4.69) is 95.1 Å². The molecule has 6 aliphatic rings. The fourth-order valence-electron chi connectivity index (χ4n) is 12.0. The van der Waals surface area contributed by atoms with Crippen LogP contribution >= 0.6 is 0 Å². The van der Waals surface area contributed by atoms with Gasteiger partial charge in [0.2, 0.25) is 11.8 Å². The Kier molecular flexibility index (Phi) is 11.3. The van der Waals surface area contributed by atoms with Crippen LogP contribution in [-0.2, 0) is 28.5 Å². The van der Waals surface area contributed by atoms with Crippen molar-refractivity contribution in [3.8, 4) is 33.6 Å². The molecule has 0 radical (unpaired) electrons. The topological polar surface area (TPSA) is 193 Å². The minimum absolute atomic E-state index is 0.0184. The summed E-state index contributed by atoms with van der Waals surface area (Å²) in [5.41, 5.74) is 5.96. The summed E-state index contributed by atoms with van der Waals surface area (Å²) in [4.78, 5) is 74.5.